The summed E-state index contributed by atoms with van der Waals surface area (Å²) in [5, 5.41) is 2.77. The van der Waals surface area contributed by atoms with E-state index in [0.717, 1.165) is 0 Å². The molecule has 15 heteroatoms. The predicted molar refractivity (Wildman–Crippen MR) is 152 cm³/mol. The number of amides is 2. The lowest BCUT2D eigenvalue weighted by atomic mass is 10.0. The molecule has 5 rings (SSSR count). The Labute approximate surface area is 241 Å². The molecule has 0 radical (unpaired) electrons. The molecule has 0 bridgehead atoms. The second-order valence-corrected chi connectivity index (χ2v) is 12.2. The van der Waals surface area contributed by atoms with E-state index in [1.807, 2.05) is 9.62 Å². The third kappa shape index (κ3) is 6.86. The van der Waals surface area contributed by atoms with Crippen molar-refractivity contribution in [2.75, 3.05) is 23.3 Å². The lowest BCUT2D eigenvalue weighted by Crippen LogP contribution is -2.50. The maximum Gasteiger partial charge on any atom is 0.422 e. The van der Waals surface area contributed by atoms with Crippen LogP contribution in [-0.4, -0.2) is 59.5 Å². The summed E-state index contributed by atoms with van der Waals surface area (Å²) >= 11 is 0. The van der Waals surface area contributed by atoms with Crippen molar-refractivity contribution in [2.45, 2.75) is 45.3 Å². The van der Waals surface area contributed by atoms with Crippen molar-refractivity contribution in [3.05, 3.63) is 66.9 Å². The Kier molecular flexibility index (Phi) is 7.88. The van der Waals surface area contributed by atoms with Gasteiger partial charge in [-0.3, -0.25) is 4.79 Å². The Bertz CT molecular complexity index is 1710. The number of ether oxygens (including phenoxy) is 1. The number of aromatic nitrogens is 3. The number of fused-ring (bicyclic) bond motifs is 1. The molecule has 2 amide bonds. The van der Waals surface area contributed by atoms with Gasteiger partial charge in [-0.2, -0.15) is 13.1 Å². The zero-order valence-electron chi connectivity index (χ0n) is 23.1. The summed E-state index contributed by atoms with van der Waals surface area (Å²) in [4.78, 5) is 36.0. The minimum atomic E-state index is -4.15. The maximum absolute atomic E-state index is 14.3. The Hall–Kier alpha value is -4.50. The molecule has 3 aromatic heterocycles. The highest BCUT2D eigenvalue weighted by Gasteiger charge is 2.28. The number of hydrogen-bond acceptors (Lipinski definition) is 9. The van der Waals surface area contributed by atoms with E-state index in [-0.39, 0.29) is 11.4 Å². The first-order chi connectivity index (χ1) is 19.9. The maximum atomic E-state index is 14.3. The molecule has 42 heavy (non-hydrogen) atoms. The van der Waals surface area contributed by atoms with Gasteiger partial charge < -0.3 is 23.8 Å². The largest absolute Gasteiger partial charge is 0.472 e. The number of imidazole rings is 1. The molecule has 1 fully saturated rings. The smallest absolute Gasteiger partial charge is 0.422 e. The van der Waals surface area contributed by atoms with Crippen LogP contribution in [0.15, 0.2) is 59.8 Å². The van der Waals surface area contributed by atoms with Crippen molar-refractivity contribution < 1.29 is 31.6 Å². The van der Waals surface area contributed by atoms with Crippen molar-refractivity contribution in [2.24, 2.45) is 0 Å². The summed E-state index contributed by atoms with van der Waals surface area (Å²) in [5.74, 6) is -1.10. The summed E-state index contributed by atoms with van der Waals surface area (Å²) in [5.41, 5.74) is 1.67. The lowest BCUT2D eigenvalue weighted by molar-refractivity contribution is 0.0569. The van der Waals surface area contributed by atoms with E-state index in [1.165, 1.54) is 30.9 Å². The van der Waals surface area contributed by atoms with Crippen LogP contribution >= 0.6 is 0 Å². The number of furan rings is 1. The second kappa shape index (κ2) is 11.4. The molecule has 222 valence electrons. The Morgan fingerprint density at radius 1 is 1.17 bits per heavy atom. The molecule has 1 aliphatic rings. The summed E-state index contributed by atoms with van der Waals surface area (Å²) < 4.78 is 55.3. The van der Waals surface area contributed by atoms with Crippen LogP contribution in [-0.2, 0) is 14.9 Å². The minimum absolute atomic E-state index is 0.0810. The molecule has 13 nitrogen and oxygen atoms in total. The van der Waals surface area contributed by atoms with Crippen LogP contribution in [0, 0.1) is 5.82 Å². The average molecular weight is 600 g/mol. The fourth-order valence-electron chi connectivity index (χ4n) is 4.60. The predicted octanol–water partition coefficient (Wildman–Crippen LogP) is 3.71. The number of piperidine rings is 1. The van der Waals surface area contributed by atoms with Gasteiger partial charge in [0.15, 0.2) is 5.65 Å². The molecule has 1 saturated heterocycles. The summed E-state index contributed by atoms with van der Waals surface area (Å²) in [6.45, 7) is 5.68. The van der Waals surface area contributed by atoms with Gasteiger partial charge in [0.1, 0.15) is 22.8 Å². The van der Waals surface area contributed by atoms with Crippen molar-refractivity contribution in [1.29, 1.82) is 0 Å². The molecular formula is C27H30FN7O6S. The van der Waals surface area contributed by atoms with Gasteiger partial charge >= 0.3 is 16.3 Å². The molecule has 0 aliphatic carbocycles. The van der Waals surface area contributed by atoms with Gasteiger partial charge in [0.25, 0.3) is 5.91 Å². The number of hydrogen-bond donors (Lipinski definition) is 3. The molecule has 4 heterocycles. The van der Waals surface area contributed by atoms with Gasteiger partial charge in [-0.15, -0.1) is 0 Å². The van der Waals surface area contributed by atoms with Crippen LogP contribution in [0.4, 0.5) is 20.6 Å². The molecule has 1 aromatic carbocycles. The van der Waals surface area contributed by atoms with Crippen molar-refractivity contribution in [1.82, 2.24) is 23.8 Å². The summed E-state index contributed by atoms with van der Waals surface area (Å²) in [6.07, 6.45) is 7.52. The van der Waals surface area contributed by atoms with Crippen molar-refractivity contribution in [3.8, 4) is 11.3 Å². The van der Waals surface area contributed by atoms with E-state index in [1.54, 1.807) is 49.7 Å². The quantitative estimate of drug-likeness (QED) is 0.288. The molecule has 0 unspecified atom stereocenters. The SMILES string of the molecule is CC(C)(C)OC(=O)NS(=O)(=O)NC1CCN(c2ccc(F)cc2NC(=O)c2cn3ccnc3c(-c3ccoc3)n2)CC1. The lowest BCUT2D eigenvalue weighted by Gasteiger charge is -2.34. The number of nitrogens with one attached hydrogen (secondary N) is 3. The normalized spacial score (nSPS) is 14.6. The van der Waals surface area contributed by atoms with Gasteiger partial charge in [-0.1, -0.05) is 0 Å². The molecule has 1 aliphatic heterocycles. The number of halogens is 1. The van der Waals surface area contributed by atoms with Crippen molar-refractivity contribution in [3.63, 3.8) is 0 Å². The van der Waals surface area contributed by atoms with E-state index in [4.69, 9.17) is 9.15 Å². The molecule has 0 saturated carbocycles. The highest BCUT2D eigenvalue weighted by atomic mass is 32.2. The van der Waals surface area contributed by atoms with Crippen LogP contribution in [0.1, 0.15) is 44.1 Å². The van der Waals surface area contributed by atoms with Gasteiger partial charge in [-0.25, -0.2) is 23.9 Å². The monoisotopic (exact) mass is 599 g/mol. The number of anilines is 2. The highest BCUT2D eigenvalue weighted by Crippen LogP contribution is 2.30. The van der Waals surface area contributed by atoms with Crippen LogP contribution in [0.2, 0.25) is 0 Å². The zero-order valence-corrected chi connectivity index (χ0v) is 23.9. The molecule has 4 aromatic rings. The number of rotatable bonds is 7. The minimum Gasteiger partial charge on any atom is -0.472 e. The Morgan fingerprint density at radius 2 is 1.93 bits per heavy atom. The first kappa shape index (κ1) is 29.0. The van der Waals surface area contributed by atoms with Gasteiger partial charge in [0, 0.05) is 43.3 Å². The Balaban J connectivity index is 1.28. The summed E-state index contributed by atoms with van der Waals surface area (Å²) in [6, 6.07) is 5.33. The zero-order chi connectivity index (χ0) is 30.1. The van der Waals surface area contributed by atoms with Crippen LogP contribution in [0.25, 0.3) is 16.9 Å². The average Bonchev–Trinajstić information content (AvgIpc) is 3.59. The third-order valence-electron chi connectivity index (χ3n) is 6.38. The number of benzene rings is 1. The fourth-order valence-corrected chi connectivity index (χ4v) is 5.59. The van der Waals surface area contributed by atoms with Gasteiger partial charge in [0.05, 0.1) is 23.9 Å². The van der Waals surface area contributed by atoms with Crippen LogP contribution < -0.4 is 19.7 Å². The van der Waals surface area contributed by atoms with E-state index >= 15 is 0 Å². The van der Waals surface area contributed by atoms with E-state index in [9.17, 15) is 22.4 Å². The molecule has 0 spiro atoms. The fraction of sp³-hybridized carbons (Fsp3) is 0.333. The van der Waals surface area contributed by atoms with Crippen LogP contribution in [0.5, 0.6) is 0 Å². The second-order valence-electron chi connectivity index (χ2n) is 10.7. The molecule has 3 N–H and O–H groups in total. The first-order valence-corrected chi connectivity index (χ1v) is 14.6. The van der Waals surface area contributed by atoms with Crippen LogP contribution in [0.3, 0.4) is 0 Å². The van der Waals surface area contributed by atoms with Crippen molar-refractivity contribution >= 4 is 39.2 Å². The Morgan fingerprint density at radius 3 is 2.62 bits per heavy atom. The first-order valence-electron chi connectivity index (χ1n) is 13.1. The molecular weight excluding hydrogens is 569 g/mol. The van der Waals surface area contributed by atoms with E-state index in [2.05, 4.69) is 20.0 Å². The standard InChI is InChI=1S/C27H30FN7O6S/c1-27(2,3)41-26(37)33-42(38,39)32-19-6-10-34(11-7-19)22-5-4-18(28)14-20(22)31-25(36)21-15-35-12-9-29-24(35)23(30-21)17-8-13-40-16-17/h4-5,8-9,12-16,19,32H,6-7,10-11H2,1-3H3,(H,31,36)(H,33,37). The summed E-state index contributed by atoms with van der Waals surface area (Å²) in [7, 11) is -4.15. The number of carbonyl (C=O) groups excluding carboxylic acids is 2. The van der Waals surface area contributed by atoms with Gasteiger partial charge in [-0.05, 0) is 57.9 Å². The van der Waals surface area contributed by atoms with E-state index in [0.29, 0.717) is 48.5 Å². The van der Waals surface area contributed by atoms with E-state index < -0.39 is 39.7 Å². The molecule has 0 atom stereocenters. The highest BCUT2D eigenvalue weighted by molar-refractivity contribution is 7.88. The number of carbonyl (C=O) groups is 2. The number of nitrogens with zero attached hydrogens (tertiary/aromatic N) is 4. The third-order valence-corrected chi connectivity index (χ3v) is 7.46. The van der Waals surface area contributed by atoms with Gasteiger partial charge in [0.2, 0.25) is 0 Å². The topological polar surface area (TPSA) is 160 Å².